The number of carbonyl (C=O) groups is 4. The molecule has 0 fully saturated rings. The fraction of sp³-hybridized carbons (Fsp3) is 0.467. The average molecular weight is 535 g/mol. The minimum absolute atomic E-state index is 0.233. The molecule has 9 nitrogen and oxygen atoms in total. The Kier molecular flexibility index (Phi) is 7.99. The SMILES string of the molecule is C[C@@H](NC(=O)[C@@H]1Cc2cccc3c2N1C(=O)[C@@H](NC(=O)[C@H](C)N(C)C(=O)OC(C)(C)C)CC3)c1ccccc1. The van der Waals surface area contributed by atoms with Crippen LogP contribution in [0.3, 0.4) is 0 Å². The molecule has 4 amide bonds. The van der Waals surface area contributed by atoms with Crippen LogP contribution < -0.4 is 15.5 Å². The van der Waals surface area contributed by atoms with E-state index in [1.165, 1.54) is 11.9 Å². The highest BCUT2D eigenvalue weighted by molar-refractivity contribution is 6.08. The molecule has 0 radical (unpaired) electrons. The summed E-state index contributed by atoms with van der Waals surface area (Å²) in [5.74, 6) is -1.04. The van der Waals surface area contributed by atoms with Gasteiger partial charge in [-0.15, -0.1) is 0 Å². The van der Waals surface area contributed by atoms with Crippen LogP contribution in [-0.4, -0.2) is 59.5 Å². The Morgan fingerprint density at radius 3 is 2.36 bits per heavy atom. The monoisotopic (exact) mass is 534 g/mol. The number of anilines is 1. The quantitative estimate of drug-likeness (QED) is 0.590. The van der Waals surface area contributed by atoms with E-state index in [9.17, 15) is 19.2 Å². The Hall–Kier alpha value is -3.88. The molecular weight excluding hydrogens is 496 g/mol. The summed E-state index contributed by atoms with van der Waals surface area (Å²) in [7, 11) is 1.49. The van der Waals surface area contributed by atoms with Gasteiger partial charge in [0, 0.05) is 13.5 Å². The molecule has 0 unspecified atom stereocenters. The summed E-state index contributed by atoms with van der Waals surface area (Å²) < 4.78 is 5.38. The van der Waals surface area contributed by atoms with Crippen molar-refractivity contribution >= 4 is 29.5 Å². The van der Waals surface area contributed by atoms with E-state index >= 15 is 0 Å². The van der Waals surface area contributed by atoms with Crippen LogP contribution in [0.1, 0.15) is 63.8 Å². The fourth-order valence-electron chi connectivity index (χ4n) is 5.07. The molecule has 2 aliphatic heterocycles. The van der Waals surface area contributed by atoms with Gasteiger partial charge in [-0.05, 0) is 64.2 Å². The van der Waals surface area contributed by atoms with Gasteiger partial charge in [-0.2, -0.15) is 0 Å². The summed E-state index contributed by atoms with van der Waals surface area (Å²) >= 11 is 0. The lowest BCUT2D eigenvalue weighted by Crippen LogP contribution is -2.57. The lowest BCUT2D eigenvalue weighted by molar-refractivity contribution is -0.131. The maximum Gasteiger partial charge on any atom is 0.410 e. The molecule has 9 heteroatoms. The molecular formula is C30H38N4O5. The maximum absolute atomic E-state index is 13.9. The molecule has 2 aliphatic rings. The number of nitrogens with one attached hydrogen (secondary N) is 2. The first-order valence-electron chi connectivity index (χ1n) is 13.4. The van der Waals surface area contributed by atoms with E-state index in [0.717, 1.165) is 22.4 Å². The minimum Gasteiger partial charge on any atom is -0.444 e. The second-order valence-corrected chi connectivity index (χ2v) is 11.4. The zero-order chi connectivity index (χ0) is 28.5. The van der Waals surface area contributed by atoms with Crippen LogP contribution in [0.15, 0.2) is 48.5 Å². The van der Waals surface area contributed by atoms with Gasteiger partial charge >= 0.3 is 6.09 Å². The number of amides is 4. The van der Waals surface area contributed by atoms with Gasteiger partial charge in [0.15, 0.2) is 0 Å². The van der Waals surface area contributed by atoms with Gasteiger partial charge in [0.2, 0.25) is 17.7 Å². The molecule has 4 rings (SSSR count). The second kappa shape index (κ2) is 11.1. The van der Waals surface area contributed by atoms with Crippen molar-refractivity contribution in [2.75, 3.05) is 11.9 Å². The second-order valence-electron chi connectivity index (χ2n) is 11.4. The summed E-state index contributed by atoms with van der Waals surface area (Å²) in [4.78, 5) is 55.9. The Morgan fingerprint density at radius 1 is 1.03 bits per heavy atom. The van der Waals surface area contributed by atoms with Gasteiger partial charge in [0.1, 0.15) is 23.7 Å². The van der Waals surface area contributed by atoms with E-state index in [0.29, 0.717) is 19.3 Å². The summed E-state index contributed by atoms with van der Waals surface area (Å²) in [6, 6.07) is 12.9. The molecule has 208 valence electrons. The number of benzene rings is 2. The van der Waals surface area contributed by atoms with Crippen LogP contribution in [0.5, 0.6) is 0 Å². The van der Waals surface area contributed by atoms with Gasteiger partial charge in [0.25, 0.3) is 0 Å². The number of hydrogen-bond acceptors (Lipinski definition) is 5. The molecule has 0 aromatic heterocycles. The Bertz CT molecular complexity index is 1260. The summed E-state index contributed by atoms with van der Waals surface area (Å²) in [5, 5.41) is 5.91. The third kappa shape index (κ3) is 6.08. The lowest BCUT2D eigenvalue weighted by Gasteiger charge is -2.31. The van der Waals surface area contributed by atoms with Crippen LogP contribution in [0.4, 0.5) is 10.5 Å². The van der Waals surface area contributed by atoms with Gasteiger partial charge in [-0.3, -0.25) is 24.2 Å². The Balaban J connectivity index is 1.52. The van der Waals surface area contributed by atoms with E-state index in [2.05, 4.69) is 10.6 Å². The van der Waals surface area contributed by atoms with Gasteiger partial charge in [-0.1, -0.05) is 48.5 Å². The highest BCUT2D eigenvalue weighted by Gasteiger charge is 2.44. The molecule has 2 aromatic rings. The lowest BCUT2D eigenvalue weighted by atomic mass is 10.0. The summed E-state index contributed by atoms with van der Waals surface area (Å²) in [6.45, 7) is 8.76. The maximum atomic E-state index is 13.9. The van der Waals surface area contributed by atoms with Crippen molar-refractivity contribution in [1.82, 2.24) is 15.5 Å². The predicted octanol–water partition coefficient (Wildman–Crippen LogP) is 3.51. The number of aryl methyl sites for hydroxylation is 1. The van der Waals surface area contributed by atoms with Gasteiger partial charge in [-0.25, -0.2) is 4.79 Å². The van der Waals surface area contributed by atoms with Crippen molar-refractivity contribution in [2.24, 2.45) is 0 Å². The van der Waals surface area contributed by atoms with Crippen LogP contribution in [0, 0.1) is 0 Å². The zero-order valence-electron chi connectivity index (χ0n) is 23.5. The highest BCUT2D eigenvalue weighted by atomic mass is 16.6. The van der Waals surface area contributed by atoms with Crippen molar-refractivity contribution in [3.8, 4) is 0 Å². The average Bonchev–Trinajstić information content (AvgIpc) is 3.23. The van der Waals surface area contributed by atoms with Crippen molar-refractivity contribution in [2.45, 2.75) is 83.6 Å². The van der Waals surface area contributed by atoms with Crippen LogP contribution in [0.25, 0.3) is 0 Å². The van der Waals surface area contributed by atoms with E-state index < -0.39 is 35.7 Å². The normalized spacial score (nSPS) is 19.8. The predicted molar refractivity (Wildman–Crippen MR) is 148 cm³/mol. The molecule has 2 heterocycles. The van der Waals surface area contributed by atoms with E-state index in [4.69, 9.17) is 4.74 Å². The van der Waals surface area contributed by atoms with E-state index in [1.54, 1.807) is 32.6 Å². The summed E-state index contributed by atoms with van der Waals surface area (Å²) in [6.07, 6.45) is 0.732. The third-order valence-corrected chi connectivity index (χ3v) is 7.33. The summed E-state index contributed by atoms with van der Waals surface area (Å²) in [5.41, 5.74) is 2.95. The van der Waals surface area contributed by atoms with Crippen LogP contribution in [0.2, 0.25) is 0 Å². The Morgan fingerprint density at radius 2 is 1.69 bits per heavy atom. The van der Waals surface area contributed by atoms with Gasteiger partial charge in [0.05, 0.1) is 11.7 Å². The van der Waals surface area contributed by atoms with E-state index in [-0.39, 0.29) is 17.9 Å². The minimum atomic E-state index is -0.863. The number of para-hydroxylation sites is 1. The number of carbonyl (C=O) groups excluding carboxylic acids is 4. The topological polar surface area (TPSA) is 108 Å². The smallest absolute Gasteiger partial charge is 0.410 e. The number of ether oxygens (including phenoxy) is 1. The van der Waals surface area contributed by atoms with Crippen LogP contribution >= 0.6 is 0 Å². The molecule has 4 atom stereocenters. The standard InChI is InChI=1S/C30H38N4O5/c1-18(20-11-8-7-9-12-20)31-27(36)24-17-22-14-10-13-21-15-16-23(28(37)34(24)25(21)22)32-26(35)19(2)33(6)29(38)39-30(3,4)5/h7-14,18-19,23-24H,15-17H2,1-6H3,(H,31,36)(H,32,35)/t18-,19+,23+,24+/m1/s1. The number of rotatable bonds is 6. The number of hydrogen-bond donors (Lipinski definition) is 2. The van der Waals surface area contributed by atoms with E-state index in [1.807, 2.05) is 55.5 Å². The first kappa shape index (κ1) is 28.1. The molecule has 0 saturated heterocycles. The largest absolute Gasteiger partial charge is 0.444 e. The first-order chi connectivity index (χ1) is 18.4. The number of nitrogens with zero attached hydrogens (tertiary/aromatic N) is 2. The zero-order valence-corrected chi connectivity index (χ0v) is 23.5. The van der Waals surface area contributed by atoms with Crippen molar-refractivity contribution in [3.63, 3.8) is 0 Å². The molecule has 0 aliphatic carbocycles. The van der Waals surface area contributed by atoms with Crippen molar-refractivity contribution in [1.29, 1.82) is 0 Å². The number of likely N-dealkylation sites (N-methyl/N-ethyl adjacent to an activating group) is 1. The molecule has 0 bridgehead atoms. The fourth-order valence-corrected chi connectivity index (χ4v) is 5.07. The van der Waals surface area contributed by atoms with Crippen LogP contribution in [-0.2, 0) is 32.0 Å². The molecule has 2 N–H and O–H groups in total. The molecule has 39 heavy (non-hydrogen) atoms. The van der Waals surface area contributed by atoms with Crippen molar-refractivity contribution in [3.05, 3.63) is 65.2 Å². The molecule has 0 saturated carbocycles. The van der Waals surface area contributed by atoms with Gasteiger partial charge < -0.3 is 15.4 Å². The van der Waals surface area contributed by atoms with Crippen molar-refractivity contribution < 1.29 is 23.9 Å². The molecule has 2 aromatic carbocycles. The Labute approximate surface area is 229 Å². The highest BCUT2D eigenvalue weighted by Crippen LogP contribution is 2.39. The first-order valence-corrected chi connectivity index (χ1v) is 13.4. The molecule has 0 spiro atoms. The third-order valence-electron chi connectivity index (χ3n) is 7.33.